The lowest BCUT2D eigenvalue weighted by atomic mass is 10.1. The SMILES string of the molecule is CN=C(NCc1cccc(OCC(N)=O)c1)N1CCC(CN2CCCCC2)C1. The van der Waals surface area contributed by atoms with Crippen LogP contribution in [0.3, 0.4) is 0 Å². The molecule has 1 aromatic rings. The monoisotopic (exact) mass is 387 g/mol. The Labute approximate surface area is 167 Å². The smallest absolute Gasteiger partial charge is 0.255 e. The summed E-state index contributed by atoms with van der Waals surface area (Å²) in [7, 11) is 1.84. The number of nitrogens with two attached hydrogens (primary N) is 1. The molecule has 2 aliphatic rings. The summed E-state index contributed by atoms with van der Waals surface area (Å²) >= 11 is 0. The first-order chi connectivity index (χ1) is 13.6. The van der Waals surface area contributed by atoms with E-state index >= 15 is 0 Å². The van der Waals surface area contributed by atoms with Crippen molar-refractivity contribution in [2.24, 2.45) is 16.6 Å². The number of rotatable bonds is 7. The third-order valence-electron chi connectivity index (χ3n) is 5.49. The Morgan fingerprint density at radius 1 is 1.29 bits per heavy atom. The van der Waals surface area contributed by atoms with Gasteiger partial charge in [-0.15, -0.1) is 0 Å². The van der Waals surface area contributed by atoms with Crippen LogP contribution in [0.15, 0.2) is 29.3 Å². The largest absolute Gasteiger partial charge is 0.484 e. The third-order valence-corrected chi connectivity index (χ3v) is 5.49. The number of carbonyl (C=O) groups excluding carboxylic acids is 1. The van der Waals surface area contributed by atoms with Crippen molar-refractivity contribution in [1.29, 1.82) is 0 Å². The van der Waals surface area contributed by atoms with E-state index in [0.717, 1.165) is 30.5 Å². The molecular formula is C21H33N5O2. The van der Waals surface area contributed by atoms with Crippen LogP contribution < -0.4 is 15.8 Å². The molecule has 1 aromatic carbocycles. The number of hydrogen-bond acceptors (Lipinski definition) is 4. The van der Waals surface area contributed by atoms with Crippen molar-refractivity contribution in [1.82, 2.24) is 15.1 Å². The lowest BCUT2D eigenvalue weighted by molar-refractivity contribution is -0.119. The number of ether oxygens (including phenoxy) is 1. The van der Waals surface area contributed by atoms with Gasteiger partial charge in [0.1, 0.15) is 5.75 Å². The molecule has 3 N–H and O–H groups in total. The Kier molecular flexibility index (Phi) is 7.54. The van der Waals surface area contributed by atoms with E-state index in [9.17, 15) is 4.79 Å². The highest BCUT2D eigenvalue weighted by Crippen LogP contribution is 2.20. The van der Waals surface area contributed by atoms with Gasteiger partial charge in [-0.05, 0) is 56.0 Å². The number of primary amides is 1. The molecule has 0 spiro atoms. The molecular weight excluding hydrogens is 354 g/mol. The Morgan fingerprint density at radius 3 is 2.86 bits per heavy atom. The number of nitrogens with one attached hydrogen (secondary N) is 1. The summed E-state index contributed by atoms with van der Waals surface area (Å²) in [4.78, 5) is 20.3. The van der Waals surface area contributed by atoms with Crippen LogP contribution in [-0.4, -0.2) is 68.0 Å². The van der Waals surface area contributed by atoms with Crippen LogP contribution in [0.2, 0.25) is 0 Å². The van der Waals surface area contributed by atoms with Crippen molar-refractivity contribution in [2.75, 3.05) is 46.4 Å². The van der Waals surface area contributed by atoms with Crippen LogP contribution in [0.5, 0.6) is 5.75 Å². The van der Waals surface area contributed by atoms with E-state index in [0.29, 0.717) is 12.3 Å². The van der Waals surface area contributed by atoms with Crippen molar-refractivity contribution >= 4 is 11.9 Å². The lowest BCUT2D eigenvalue weighted by Gasteiger charge is -2.29. The Bertz CT molecular complexity index is 673. The molecule has 7 nitrogen and oxygen atoms in total. The van der Waals surface area contributed by atoms with Crippen LogP contribution in [0, 0.1) is 5.92 Å². The predicted octanol–water partition coefficient (Wildman–Crippen LogP) is 1.43. The maximum atomic E-state index is 10.9. The first-order valence-corrected chi connectivity index (χ1v) is 10.3. The first-order valence-electron chi connectivity index (χ1n) is 10.3. The molecule has 0 bridgehead atoms. The minimum atomic E-state index is -0.475. The van der Waals surface area contributed by atoms with Gasteiger partial charge in [-0.2, -0.15) is 0 Å². The summed E-state index contributed by atoms with van der Waals surface area (Å²) in [5.41, 5.74) is 6.21. The van der Waals surface area contributed by atoms with Gasteiger partial charge in [-0.3, -0.25) is 9.79 Å². The van der Waals surface area contributed by atoms with E-state index in [4.69, 9.17) is 10.5 Å². The molecule has 1 amide bonds. The summed E-state index contributed by atoms with van der Waals surface area (Å²) in [6.07, 6.45) is 5.32. The van der Waals surface area contributed by atoms with E-state index in [1.54, 1.807) is 0 Å². The van der Waals surface area contributed by atoms with Crippen LogP contribution in [-0.2, 0) is 11.3 Å². The second-order valence-electron chi connectivity index (χ2n) is 7.77. The topological polar surface area (TPSA) is 83.2 Å². The van der Waals surface area contributed by atoms with E-state index in [1.165, 1.54) is 45.3 Å². The number of likely N-dealkylation sites (tertiary alicyclic amines) is 2. The highest BCUT2D eigenvalue weighted by Gasteiger charge is 2.26. The standard InChI is InChI=1S/C21H33N5O2/c1-23-21(24-13-17-6-5-7-19(12-17)28-16-20(22)27)26-11-8-18(15-26)14-25-9-3-2-4-10-25/h5-7,12,18H,2-4,8-11,13-16H2,1H3,(H2,22,27)(H,23,24). The van der Waals surface area contributed by atoms with Crippen LogP contribution in [0.1, 0.15) is 31.2 Å². The minimum Gasteiger partial charge on any atom is -0.484 e. The average Bonchev–Trinajstić information content (AvgIpc) is 3.16. The predicted molar refractivity (Wildman–Crippen MR) is 111 cm³/mol. The molecule has 2 fully saturated rings. The number of nitrogens with zero attached hydrogens (tertiary/aromatic N) is 3. The molecule has 1 unspecified atom stereocenters. The van der Waals surface area contributed by atoms with Gasteiger partial charge in [0.05, 0.1) is 0 Å². The maximum absolute atomic E-state index is 10.9. The Balaban J connectivity index is 1.47. The lowest BCUT2D eigenvalue weighted by Crippen LogP contribution is -2.41. The number of benzene rings is 1. The molecule has 28 heavy (non-hydrogen) atoms. The average molecular weight is 388 g/mol. The molecule has 0 aliphatic carbocycles. The van der Waals surface area contributed by atoms with Gasteiger partial charge in [-0.1, -0.05) is 18.6 Å². The van der Waals surface area contributed by atoms with Crippen molar-refractivity contribution in [3.8, 4) is 5.75 Å². The fourth-order valence-electron chi connectivity index (χ4n) is 4.09. The van der Waals surface area contributed by atoms with Crippen molar-refractivity contribution in [3.05, 3.63) is 29.8 Å². The highest BCUT2D eigenvalue weighted by atomic mass is 16.5. The molecule has 3 rings (SSSR count). The second kappa shape index (κ2) is 10.3. The Hall–Kier alpha value is -2.28. The zero-order chi connectivity index (χ0) is 19.8. The van der Waals surface area contributed by atoms with E-state index in [2.05, 4.69) is 20.1 Å². The van der Waals surface area contributed by atoms with Gasteiger partial charge < -0.3 is 25.6 Å². The number of aliphatic imine (C=N–C) groups is 1. The molecule has 0 aromatic heterocycles. The molecule has 2 saturated heterocycles. The van der Waals surface area contributed by atoms with Gasteiger partial charge >= 0.3 is 0 Å². The van der Waals surface area contributed by atoms with E-state index in [-0.39, 0.29) is 6.61 Å². The van der Waals surface area contributed by atoms with Crippen molar-refractivity contribution in [2.45, 2.75) is 32.2 Å². The number of hydrogen-bond donors (Lipinski definition) is 2. The zero-order valence-corrected chi connectivity index (χ0v) is 16.9. The molecule has 2 aliphatic heterocycles. The number of amides is 1. The van der Waals surface area contributed by atoms with Gasteiger partial charge in [0, 0.05) is 33.2 Å². The zero-order valence-electron chi connectivity index (χ0n) is 16.9. The third kappa shape index (κ3) is 6.12. The summed E-state index contributed by atoms with van der Waals surface area (Å²) in [5.74, 6) is 1.85. The van der Waals surface area contributed by atoms with Crippen LogP contribution >= 0.6 is 0 Å². The number of carbonyl (C=O) groups is 1. The van der Waals surface area contributed by atoms with Crippen LogP contribution in [0.25, 0.3) is 0 Å². The molecule has 0 saturated carbocycles. The molecule has 1 atom stereocenters. The summed E-state index contributed by atoms with van der Waals surface area (Å²) in [6, 6.07) is 7.69. The van der Waals surface area contributed by atoms with E-state index < -0.39 is 5.91 Å². The van der Waals surface area contributed by atoms with Gasteiger partial charge in [0.15, 0.2) is 12.6 Å². The Morgan fingerprint density at radius 2 is 2.11 bits per heavy atom. The molecule has 0 radical (unpaired) electrons. The molecule has 154 valence electrons. The minimum absolute atomic E-state index is 0.106. The van der Waals surface area contributed by atoms with Gasteiger partial charge in [0.25, 0.3) is 5.91 Å². The summed E-state index contributed by atoms with van der Waals surface area (Å²) < 4.78 is 5.38. The second-order valence-corrected chi connectivity index (χ2v) is 7.77. The number of guanidine groups is 1. The number of piperidine rings is 1. The fourth-order valence-corrected chi connectivity index (χ4v) is 4.09. The summed E-state index contributed by atoms with van der Waals surface area (Å²) in [5, 5.41) is 3.46. The van der Waals surface area contributed by atoms with Crippen molar-refractivity contribution < 1.29 is 9.53 Å². The van der Waals surface area contributed by atoms with Gasteiger partial charge in [0.2, 0.25) is 0 Å². The quantitative estimate of drug-likeness (QED) is 0.546. The first kappa shape index (κ1) is 20.5. The van der Waals surface area contributed by atoms with E-state index in [1.807, 2.05) is 31.3 Å². The molecule has 7 heteroatoms. The molecule has 2 heterocycles. The summed E-state index contributed by atoms with van der Waals surface area (Å²) in [6.45, 7) is 6.42. The van der Waals surface area contributed by atoms with Gasteiger partial charge in [-0.25, -0.2) is 0 Å². The van der Waals surface area contributed by atoms with Crippen molar-refractivity contribution in [3.63, 3.8) is 0 Å². The normalized spacial score (nSPS) is 21.0. The van der Waals surface area contributed by atoms with Crippen LogP contribution in [0.4, 0.5) is 0 Å². The maximum Gasteiger partial charge on any atom is 0.255 e. The fraction of sp³-hybridized carbons (Fsp3) is 0.619. The highest BCUT2D eigenvalue weighted by molar-refractivity contribution is 5.80.